The summed E-state index contributed by atoms with van der Waals surface area (Å²) in [6.45, 7) is -3.22. The van der Waals surface area contributed by atoms with Crippen LogP contribution >= 0.6 is 0 Å². The molecule has 0 fully saturated rings. The quantitative estimate of drug-likeness (QED) is 0.849. The number of nitriles is 1. The number of nitrogens with zero attached hydrogens (tertiary/aromatic N) is 1. The van der Waals surface area contributed by atoms with E-state index >= 15 is 0 Å². The SMILES string of the molecule is N#Cc1ccc(NCC(=O)Nc2ccc(OC(F)F)c(F)c2)cc1. The van der Waals surface area contributed by atoms with Gasteiger partial charge in [-0.25, -0.2) is 4.39 Å². The van der Waals surface area contributed by atoms with Gasteiger partial charge in [0.15, 0.2) is 11.6 Å². The number of halogens is 3. The highest BCUT2D eigenvalue weighted by Gasteiger charge is 2.11. The molecule has 2 aromatic rings. The summed E-state index contributed by atoms with van der Waals surface area (Å²) in [5.41, 5.74) is 1.24. The first-order valence-corrected chi connectivity index (χ1v) is 6.76. The van der Waals surface area contributed by atoms with Gasteiger partial charge in [0.25, 0.3) is 0 Å². The van der Waals surface area contributed by atoms with E-state index in [-0.39, 0.29) is 12.2 Å². The zero-order valence-corrected chi connectivity index (χ0v) is 12.2. The zero-order chi connectivity index (χ0) is 17.5. The van der Waals surface area contributed by atoms with Gasteiger partial charge in [0.2, 0.25) is 5.91 Å². The molecule has 0 saturated carbocycles. The van der Waals surface area contributed by atoms with Crippen LogP contribution in [0.3, 0.4) is 0 Å². The van der Waals surface area contributed by atoms with Crippen molar-refractivity contribution in [2.24, 2.45) is 0 Å². The van der Waals surface area contributed by atoms with E-state index in [1.165, 1.54) is 6.07 Å². The Morgan fingerprint density at radius 3 is 2.42 bits per heavy atom. The monoisotopic (exact) mass is 335 g/mol. The van der Waals surface area contributed by atoms with Gasteiger partial charge in [-0.05, 0) is 36.4 Å². The Morgan fingerprint density at radius 1 is 1.17 bits per heavy atom. The molecule has 5 nitrogen and oxygen atoms in total. The Labute approximate surface area is 135 Å². The van der Waals surface area contributed by atoms with E-state index in [1.807, 2.05) is 6.07 Å². The highest BCUT2D eigenvalue weighted by molar-refractivity contribution is 5.93. The van der Waals surface area contributed by atoms with E-state index in [0.717, 1.165) is 12.1 Å². The molecule has 2 rings (SSSR count). The molecule has 0 saturated heterocycles. The smallest absolute Gasteiger partial charge is 0.387 e. The lowest BCUT2D eigenvalue weighted by molar-refractivity contribution is -0.114. The number of rotatable bonds is 6. The van der Waals surface area contributed by atoms with Crippen LogP contribution in [-0.4, -0.2) is 19.1 Å². The number of amides is 1. The Bertz CT molecular complexity index is 758. The first kappa shape index (κ1) is 17.1. The maximum Gasteiger partial charge on any atom is 0.387 e. The summed E-state index contributed by atoms with van der Waals surface area (Å²) in [6.07, 6.45) is 0. The number of hydrogen-bond acceptors (Lipinski definition) is 4. The van der Waals surface area contributed by atoms with Crippen molar-refractivity contribution in [3.05, 3.63) is 53.8 Å². The largest absolute Gasteiger partial charge is 0.432 e. The van der Waals surface area contributed by atoms with Gasteiger partial charge >= 0.3 is 6.61 Å². The molecule has 0 unspecified atom stereocenters. The fourth-order valence-corrected chi connectivity index (χ4v) is 1.82. The van der Waals surface area contributed by atoms with E-state index in [9.17, 15) is 18.0 Å². The zero-order valence-electron chi connectivity index (χ0n) is 12.2. The highest BCUT2D eigenvalue weighted by Crippen LogP contribution is 2.22. The van der Waals surface area contributed by atoms with Crippen LogP contribution in [0.2, 0.25) is 0 Å². The molecule has 1 amide bonds. The lowest BCUT2D eigenvalue weighted by Gasteiger charge is -2.10. The second-order valence-electron chi connectivity index (χ2n) is 4.61. The number of ether oxygens (including phenoxy) is 1. The molecule has 0 spiro atoms. The van der Waals surface area contributed by atoms with Crippen molar-refractivity contribution in [2.45, 2.75) is 6.61 Å². The summed E-state index contributed by atoms with van der Waals surface area (Å²) < 4.78 is 41.6. The second-order valence-corrected chi connectivity index (χ2v) is 4.61. The number of carbonyl (C=O) groups is 1. The third-order valence-electron chi connectivity index (χ3n) is 2.90. The van der Waals surface area contributed by atoms with Gasteiger partial charge in [-0.15, -0.1) is 0 Å². The summed E-state index contributed by atoms with van der Waals surface area (Å²) in [7, 11) is 0. The topological polar surface area (TPSA) is 74.2 Å². The van der Waals surface area contributed by atoms with E-state index < -0.39 is 24.1 Å². The highest BCUT2D eigenvalue weighted by atomic mass is 19.3. The Morgan fingerprint density at radius 2 is 1.83 bits per heavy atom. The maximum atomic E-state index is 13.5. The van der Waals surface area contributed by atoms with Crippen LogP contribution in [0.25, 0.3) is 0 Å². The molecule has 0 aliphatic rings. The molecule has 0 radical (unpaired) electrons. The van der Waals surface area contributed by atoms with Crippen molar-refractivity contribution in [1.29, 1.82) is 5.26 Å². The second kappa shape index (κ2) is 7.87. The first-order chi connectivity index (χ1) is 11.5. The molecule has 0 aromatic heterocycles. The first-order valence-electron chi connectivity index (χ1n) is 6.76. The number of benzene rings is 2. The van der Waals surface area contributed by atoms with Crippen molar-refractivity contribution in [3.63, 3.8) is 0 Å². The van der Waals surface area contributed by atoms with Crippen molar-refractivity contribution < 1.29 is 22.7 Å². The van der Waals surface area contributed by atoms with E-state index in [2.05, 4.69) is 15.4 Å². The van der Waals surface area contributed by atoms with Crippen LogP contribution in [-0.2, 0) is 4.79 Å². The van der Waals surface area contributed by atoms with Gasteiger partial charge in [0.05, 0.1) is 18.2 Å². The van der Waals surface area contributed by atoms with Crippen LogP contribution in [0.15, 0.2) is 42.5 Å². The Balaban J connectivity index is 1.89. The average Bonchev–Trinajstić information content (AvgIpc) is 2.55. The molecular weight excluding hydrogens is 323 g/mol. The molecule has 2 aromatic carbocycles. The fraction of sp³-hybridized carbons (Fsp3) is 0.125. The summed E-state index contributed by atoms with van der Waals surface area (Å²) in [5.74, 6) is -2.06. The summed E-state index contributed by atoms with van der Waals surface area (Å²) >= 11 is 0. The number of alkyl halides is 2. The number of nitrogens with one attached hydrogen (secondary N) is 2. The molecule has 24 heavy (non-hydrogen) atoms. The lowest BCUT2D eigenvalue weighted by Crippen LogP contribution is -2.21. The van der Waals surface area contributed by atoms with E-state index in [1.54, 1.807) is 24.3 Å². The minimum atomic E-state index is -3.13. The average molecular weight is 335 g/mol. The van der Waals surface area contributed by atoms with Crippen molar-refractivity contribution in [2.75, 3.05) is 17.2 Å². The van der Waals surface area contributed by atoms with Gasteiger partial charge < -0.3 is 15.4 Å². The van der Waals surface area contributed by atoms with Crippen LogP contribution in [0, 0.1) is 17.1 Å². The lowest BCUT2D eigenvalue weighted by atomic mass is 10.2. The molecule has 0 bridgehead atoms. The minimum Gasteiger partial charge on any atom is -0.432 e. The van der Waals surface area contributed by atoms with Crippen molar-refractivity contribution in [3.8, 4) is 11.8 Å². The third-order valence-corrected chi connectivity index (χ3v) is 2.90. The third kappa shape index (κ3) is 4.91. The molecule has 0 atom stereocenters. The number of anilines is 2. The Kier molecular flexibility index (Phi) is 5.63. The molecule has 2 N–H and O–H groups in total. The van der Waals surface area contributed by atoms with Crippen LogP contribution in [0.5, 0.6) is 5.75 Å². The molecule has 0 aliphatic heterocycles. The standard InChI is InChI=1S/C16H12F3N3O2/c17-13-7-12(5-6-14(13)24-16(18)19)22-15(23)9-21-11-3-1-10(8-20)2-4-11/h1-7,16,21H,9H2,(H,22,23). The minimum absolute atomic E-state index is 0.0944. The fourth-order valence-electron chi connectivity index (χ4n) is 1.82. The van der Waals surface area contributed by atoms with E-state index in [0.29, 0.717) is 11.3 Å². The van der Waals surface area contributed by atoms with Crippen molar-refractivity contribution in [1.82, 2.24) is 0 Å². The van der Waals surface area contributed by atoms with Gasteiger partial charge in [0, 0.05) is 17.4 Å². The van der Waals surface area contributed by atoms with Gasteiger partial charge in [0.1, 0.15) is 0 Å². The maximum absolute atomic E-state index is 13.5. The van der Waals surface area contributed by atoms with Gasteiger partial charge in [-0.1, -0.05) is 0 Å². The molecule has 124 valence electrons. The summed E-state index contributed by atoms with van der Waals surface area (Å²) in [4.78, 5) is 11.8. The van der Waals surface area contributed by atoms with Crippen LogP contribution in [0.1, 0.15) is 5.56 Å². The molecule has 0 aliphatic carbocycles. The Hall–Kier alpha value is -3.21. The van der Waals surface area contributed by atoms with Gasteiger partial charge in [-0.3, -0.25) is 4.79 Å². The summed E-state index contributed by atoms with van der Waals surface area (Å²) in [6, 6.07) is 11.6. The molecular formula is C16H12F3N3O2. The molecule has 8 heteroatoms. The van der Waals surface area contributed by atoms with E-state index in [4.69, 9.17) is 5.26 Å². The normalized spacial score (nSPS) is 10.1. The van der Waals surface area contributed by atoms with Crippen LogP contribution in [0.4, 0.5) is 24.5 Å². The van der Waals surface area contributed by atoms with Crippen molar-refractivity contribution >= 4 is 17.3 Å². The van der Waals surface area contributed by atoms with Crippen LogP contribution < -0.4 is 15.4 Å². The van der Waals surface area contributed by atoms with Gasteiger partial charge in [-0.2, -0.15) is 14.0 Å². The predicted molar refractivity (Wildman–Crippen MR) is 81.3 cm³/mol. The molecule has 0 heterocycles. The predicted octanol–water partition coefficient (Wildman–Crippen LogP) is 3.35. The summed E-state index contributed by atoms with van der Waals surface area (Å²) in [5, 5.41) is 13.9. The number of hydrogen-bond donors (Lipinski definition) is 2. The number of carbonyl (C=O) groups excluding carboxylic acids is 1.